The van der Waals surface area contributed by atoms with E-state index in [1.165, 1.54) is 0 Å². The van der Waals surface area contributed by atoms with Gasteiger partial charge in [-0.3, -0.25) is 28.8 Å². The molecule has 0 fully saturated rings. The summed E-state index contributed by atoms with van der Waals surface area (Å²) in [7, 11) is 0. The quantitative estimate of drug-likeness (QED) is 0.0259. The minimum Gasteiger partial charge on any atom is -0.464 e. The van der Waals surface area contributed by atoms with Gasteiger partial charge in [-0.25, -0.2) is 0 Å². The highest BCUT2D eigenvalue weighted by molar-refractivity contribution is 9.10. The first kappa shape index (κ1) is 61.2. The molecule has 0 heterocycles. The van der Waals surface area contributed by atoms with Gasteiger partial charge in [0, 0.05) is 0 Å². The minimum absolute atomic E-state index is 0.492. The fourth-order valence-corrected chi connectivity index (χ4v) is 9.94. The molecule has 0 bridgehead atoms. The molecule has 0 spiro atoms. The molecule has 0 N–H and O–H groups in total. The zero-order chi connectivity index (χ0) is 55.2. The highest BCUT2D eigenvalue weighted by Crippen LogP contribution is 2.35. The number of hydrogen-bond donors (Lipinski definition) is 0. The number of carbonyl (C=O) groups is 6. The molecule has 6 atom stereocenters. The van der Waals surface area contributed by atoms with E-state index in [-0.39, 0.29) is 0 Å². The van der Waals surface area contributed by atoms with Crippen LogP contribution in [0.15, 0.2) is 182 Å². The predicted octanol–water partition coefficient (Wildman–Crippen LogP) is 13.1. The molecule has 0 amide bonds. The molecular weight excluding hydrogens is 1380 g/mol. The van der Waals surface area contributed by atoms with Crippen LogP contribution in [0.5, 0.6) is 0 Å². The topological polar surface area (TPSA) is 167 Å². The van der Waals surface area contributed by atoms with Crippen molar-refractivity contribution in [1.29, 1.82) is 0 Å². The lowest BCUT2D eigenvalue weighted by molar-refractivity contribution is -0.174. The molecule has 0 aliphatic carbocycles. The van der Waals surface area contributed by atoms with E-state index in [9.17, 15) is 28.8 Å². The number of ether oxygens (including phenoxy) is 7. The monoisotopic (exact) mass is 1430 g/mol. The molecule has 0 radical (unpaired) electrons. The fraction of sp³-hybridized carbons (Fsp3) is 0.276. The maximum absolute atomic E-state index is 13.9. The molecule has 19 heteroatoms. The van der Waals surface area contributed by atoms with E-state index in [0.717, 1.165) is 0 Å². The van der Waals surface area contributed by atoms with Gasteiger partial charge < -0.3 is 33.2 Å². The lowest BCUT2D eigenvalue weighted by atomic mass is 9.90. The molecule has 6 unspecified atom stereocenters. The minimum atomic E-state index is -1.68. The van der Waals surface area contributed by atoms with Crippen LogP contribution < -0.4 is 0 Å². The van der Waals surface area contributed by atoms with E-state index in [2.05, 4.69) is 95.6 Å². The molecule has 6 aromatic rings. The van der Waals surface area contributed by atoms with E-state index in [1.54, 1.807) is 182 Å². The normalized spacial score (nSPS) is 15.0. The summed E-state index contributed by atoms with van der Waals surface area (Å²) in [6, 6.07) is 52.8. The summed E-state index contributed by atoms with van der Waals surface area (Å²) >= 11 is 20.7. The first-order valence-electron chi connectivity index (χ1n) is 23.8. The van der Waals surface area contributed by atoms with Crippen molar-refractivity contribution in [2.24, 2.45) is 10.8 Å². The van der Waals surface area contributed by atoms with E-state index in [4.69, 9.17) is 33.2 Å². The number of carbonyl (C=O) groups excluding carboxylic acids is 6. The summed E-state index contributed by atoms with van der Waals surface area (Å²) in [5.41, 5.74) is 0.172. The largest absolute Gasteiger partial charge is 0.464 e. The van der Waals surface area contributed by atoms with Crippen LogP contribution in [0, 0.1) is 10.8 Å². The maximum Gasteiger partial charge on any atom is 0.324 e. The molecule has 6 rings (SSSR count). The molecule has 0 aliphatic rings. The summed E-state index contributed by atoms with van der Waals surface area (Å²) < 4.78 is 42.7. The zero-order valence-electron chi connectivity index (χ0n) is 41.0. The Labute approximate surface area is 497 Å². The number of benzene rings is 6. The van der Waals surface area contributed by atoms with Gasteiger partial charge >= 0.3 is 35.8 Å². The summed E-state index contributed by atoms with van der Waals surface area (Å²) in [5, 5.41) is 0. The van der Waals surface area contributed by atoms with Crippen molar-refractivity contribution in [3.63, 3.8) is 0 Å². The van der Waals surface area contributed by atoms with Gasteiger partial charge in [0.25, 0.3) is 0 Å². The van der Waals surface area contributed by atoms with Crippen LogP contribution >= 0.6 is 95.6 Å². The second-order valence-electron chi connectivity index (χ2n) is 17.8. The molecule has 0 saturated heterocycles. The number of alkyl halides is 6. The van der Waals surface area contributed by atoms with E-state index in [0.29, 0.717) is 33.4 Å². The van der Waals surface area contributed by atoms with Gasteiger partial charge in [0.2, 0.25) is 0 Å². The second kappa shape index (κ2) is 30.9. The maximum atomic E-state index is 13.9. The molecule has 13 nitrogen and oxygen atoms in total. The molecule has 0 saturated carbocycles. The van der Waals surface area contributed by atoms with Crippen LogP contribution in [-0.4, -0.2) is 88.7 Å². The Hall–Kier alpha value is -5.02. The van der Waals surface area contributed by atoms with Crippen LogP contribution in [0.3, 0.4) is 0 Å². The standard InChI is InChI=1S/C58H52Br6O13/c59-45(39-19-7-1-8-20-39)51(65)72-33-57(34-73-52(66)46(60)40-21-9-2-10-22-40,35-74-53(67)47(61)41-23-11-3-12-24-41)31-71-32-58(36-75-54(68)48(62)42-25-13-4-14-26-42,37-76-55(69)49(63)43-27-15-5-16-28-43)38-77-56(70)50(64)44-29-17-6-18-30-44/h1-30,45-50H,31-38H2. The first-order chi connectivity index (χ1) is 37.1. The van der Waals surface area contributed by atoms with Gasteiger partial charge in [0.15, 0.2) is 0 Å². The third-order valence-electron chi connectivity index (χ3n) is 11.7. The number of rotatable bonds is 28. The van der Waals surface area contributed by atoms with Crippen LogP contribution in [0.1, 0.15) is 62.3 Å². The Morgan fingerprint density at radius 2 is 0.403 bits per heavy atom. The van der Waals surface area contributed by atoms with Crippen LogP contribution in [0.25, 0.3) is 0 Å². The van der Waals surface area contributed by atoms with Gasteiger partial charge in [-0.2, -0.15) is 0 Å². The molecule has 0 aliphatic heterocycles. The summed E-state index contributed by atoms with van der Waals surface area (Å²) in [6.07, 6.45) is 0. The van der Waals surface area contributed by atoms with Gasteiger partial charge in [-0.15, -0.1) is 0 Å². The average molecular weight is 1440 g/mol. The number of hydrogen-bond acceptors (Lipinski definition) is 13. The molecule has 0 aromatic heterocycles. The lowest BCUT2D eigenvalue weighted by Crippen LogP contribution is -2.47. The SMILES string of the molecule is O=C(OCC(COCC(COC(=O)C(Br)c1ccccc1)(COC(=O)C(Br)c1ccccc1)COC(=O)C(Br)c1ccccc1)(COC(=O)C(Br)c1ccccc1)COC(=O)C(Br)c1ccccc1)C(Br)c1ccccc1. The Morgan fingerprint density at radius 3 is 0.545 bits per heavy atom. The van der Waals surface area contributed by atoms with Crippen molar-refractivity contribution in [2.75, 3.05) is 52.9 Å². The van der Waals surface area contributed by atoms with E-state index in [1.807, 2.05) is 0 Å². The Balaban J connectivity index is 1.38. The van der Waals surface area contributed by atoms with Gasteiger partial charge in [0.1, 0.15) is 68.6 Å². The second-order valence-corrected chi connectivity index (χ2v) is 23.3. The van der Waals surface area contributed by atoms with Crippen molar-refractivity contribution < 1.29 is 61.9 Å². The van der Waals surface area contributed by atoms with Crippen molar-refractivity contribution in [3.05, 3.63) is 215 Å². The highest BCUT2D eigenvalue weighted by Gasteiger charge is 2.43. The Kier molecular flexibility index (Phi) is 24.6. The van der Waals surface area contributed by atoms with E-state index < -0.39 is 128 Å². The van der Waals surface area contributed by atoms with Gasteiger partial charge in [-0.1, -0.05) is 278 Å². The van der Waals surface area contributed by atoms with Crippen LogP contribution in [0.4, 0.5) is 0 Å². The van der Waals surface area contributed by atoms with Crippen LogP contribution in [0.2, 0.25) is 0 Å². The number of halogens is 6. The van der Waals surface area contributed by atoms with Crippen molar-refractivity contribution >= 4 is 131 Å². The third kappa shape index (κ3) is 18.5. The van der Waals surface area contributed by atoms with Gasteiger partial charge in [-0.05, 0) is 33.4 Å². The molecule has 404 valence electrons. The highest BCUT2D eigenvalue weighted by atomic mass is 79.9. The van der Waals surface area contributed by atoms with Crippen molar-refractivity contribution in [2.45, 2.75) is 29.0 Å². The summed E-state index contributed by atoms with van der Waals surface area (Å²) in [4.78, 5) is 77.8. The summed E-state index contributed by atoms with van der Waals surface area (Å²) in [5.74, 6) is -4.35. The fourth-order valence-electron chi connectivity index (χ4n) is 7.32. The van der Waals surface area contributed by atoms with Crippen molar-refractivity contribution in [1.82, 2.24) is 0 Å². The lowest BCUT2D eigenvalue weighted by Gasteiger charge is -2.36. The molecule has 6 aromatic carbocycles. The smallest absolute Gasteiger partial charge is 0.324 e. The zero-order valence-corrected chi connectivity index (χ0v) is 50.5. The number of esters is 6. The van der Waals surface area contributed by atoms with Crippen molar-refractivity contribution in [3.8, 4) is 0 Å². The summed E-state index contributed by atoms with van der Waals surface area (Å²) in [6.45, 7) is -4.25. The first-order valence-corrected chi connectivity index (χ1v) is 29.3. The van der Waals surface area contributed by atoms with E-state index >= 15 is 0 Å². The average Bonchev–Trinajstić information content (AvgIpc) is 3.49. The molecule has 77 heavy (non-hydrogen) atoms. The molecular formula is C58H52Br6O13. The Bertz CT molecular complexity index is 2330. The Morgan fingerprint density at radius 1 is 0.260 bits per heavy atom. The van der Waals surface area contributed by atoms with Gasteiger partial charge in [0.05, 0.1) is 24.0 Å². The third-order valence-corrected chi connectivity index (χ3v) is 17.2. The van der Waals surface area contributed by atoms with Crippen LogP contribution in [-0.2, 0) is 61.9 Å². The predicted molar refractivity (Wildman–Crippen MR) is 310 cm³/mol.